The number of aliphatic hydroxyl groups is 2. The molecule has 1 unspecified atom stereocenters. The molecule has 0 amide bonds. The molecule has 0 rings (SSSR count). The summed E-state index contributed by atoms with van der Waals surface area (Å²) < 4.78 is 0. The smallest absolute Gasteiger partial charge is 0.0582 e. The fraction of sp³-hybridized carbons (Fsp3) is 1.00. The third-order valence-electron chi connectivity index (χ3n) is 2.02. The lowest BCUT2D eigenvalue weighted by atomic mass is 10.1. The van der Waals surface area contributed by atoms with Gasteiger partial charge in [-0.25, -0.2) is 0 Å². The maximum absolute atomic E-state index is 8.46. The normalized spacial score (nSPS) is 14.6. The van der Waals surface area contributed by atoms with Crippen molar-refractivity contribution in [3.63, 3.8) is 0 Å². The highest BCUT2D eigenvalue weighted by Crippen LogP contribution is 2.01. The third kappa shape index (κ3) is 16.3. The monoisotopic (exact) mass is 234 g/mol. The summed E-state index contributed by atoms with van der Waals surface area (Å²) in [5.41, 5.74) is 10.8. The minimum Gasteiger partial charge on any atom is -0.395 e. The van der Waals surface area contributed by atoms with Gasteiger partial charge in [0.1, 0.15) is 0 Å². The summed E-state index contributed by atoms with van der Waals surface area (Å²) in [5, 5.41) is 16.9. The molecule has 0 saturated carbocycles. The Kier molecular flexibility index (Phi) is 12.9. The molecule has 0 radical (unpaired) electrons. The molecule has 0 heterocycles. The molecule has 0 spiro atoms. The highest BCUT2D eigenvalue weighted by molar-refractivity contribution is 4.60. The molecular formula is C12H30N2O2. The summed E-state index contributed by atoms with van der Waals surface area (Å²) in [6.07, 6.45) is 1.83. The van der Waals surface area contributed by atoms with Crippen LogP contribution in [0.1, 0.15) is 40.5 Å². The van der Waals surface area contributed by atoms with Crippen molar-refractivity contribution in [3.8, 4) is 0 Å². The van der Waals surface area contributed by atoms with E-state index in [1.54, 1.807) is 0 Å². The predicted octanol–water partition coefficient (Wildman–Crippen LogP) is 0.704. The SMILES string of the molecule is CC(C)CC(N)CO.CC(C)C[C@H](N)CO. The second-order valence-corrected chi connectivity index (χ2v) is 5.14. The van der Waals surface area contributed by atoms with Crippen LogP contribution in [0.15, 0.2) is 0 Å². The van der Waals surface area contributed by atoms with E-state index < -0.39 is 0 Å². The van der Waals surface area contributed by atoms with Crippen LogP contribution in [0.5, 0.6) is 0 Å². The molecule has 0 fully saturated rings. The van der Waals surface area contributed by atoms with Crippen LogP contribution in [-0.4, -0.2) is 35.5 Å². The first-order chi connectivity index (χ1) is 7.33. The van der Waals surface area contributed by atoms with Crippen LogP contribution in [0, 0.1) is 11.8 Å². The fourth-order valence-corrected chi connectivity index (χ4v) is 1.36. The van der Waals surface area contributed by atoms with Gasteiger partial charge in [-0.1, -0.05) is 27.7 Å². The van der Waals surface area contributed by atoms with Crippen molar-refractivity contribution in [1.82, 2.24) is 0 Å². The molecular weight excluding hydrogens is 204 g/mol. The van der Waals surface area contributed by atoms with Crippen molar-refractivity contribution >= 4 is 0 Å². The van der Waals surface area contributed by atoms with Crippen LogP contribution in [0.2, 0.25) is 0 Å². The first-order valence-electron chi connectivity index (χ1n) is 6.06. The van der Waals surface area contributed by atoms with Gasteiger partial charge in [-0.05, 0) is 24.7 Å². The molecule has 0 bridgehead atoms. The first-order valence-corrected chi connectivity index (χ1v) is 6.06. The number of rotatable bonds is 6. The number of hydrogen-bond donors (Lipinski definition) is 4. The lowest BCUT2D eigenvalue weighted by molar-refractivity contribution is 0.250. The van der Waals surface area contributed by atoms with E-state index >= 15 is 0 Å². The Hall–Kier alpha value is -0.160. The number of hydrogen-bond acceptors (Lipinski definition) is 4. The van der Waals surface area contributed by atoms with E-state index in [2.05, 4.69) is 27.7 Å². The van der Waals surface area contributed by atoms with Gasteiger partial charge in [-0.2, -0.15) is 0 Å². The molecule has 0 aromatic carbocycles. The van der Waals surface area contributed by atoms with E-state index in [0.29, 0.717) is 11.8 Å². The maximum Gasteiger partial charge on any atom is 0.0582 e. The minimum atomic E-state index is -0.0185. The second-order valence-electron chi connectivity index (χ2n) is 5.14. The zero-order valence-corrected chi connectivity index (χ0v) is 11.2. The summed E-state index contributed by atoms with van der Waals surface area (Å²) in [7, 11) is 0. The molecule has 6 N–H and O–H groups in total. The molecule has 16 heavy (non-hydrogen) atoms. The van der Waals surface area contributed by atoms with Crippen LogP contribution in [0.3, 0.4) is 0 Å². The van der Waals surface area contributed by atoms with Crippen molar-refractivity contribution < 1.29 is 10.2 Å². The lowest BCUT2D eigenvalue weighted by Gasteiger charge is -2.09. The Morgan fingerprint density at radius 1 is 0.750 bits per heavy atom. The second kappa shape index (κ2) is 11.3. The van der Waals surface area contributed by atoms with Crippen molar-refractivity contribution in [2.24, 2.45) is 23.3 Å². The van der Waals surface area contributed by atoms with Gasteiger partial charge in [-0.15, -0.1) is 0 Å². The molecule has 0 aromatic heterocycles. The van der Waals surface area contributed by atoms with E-state index in [1.807, 2.05) is 0 Å². The quantitative estimate of drug-likeness (QED) is 0.544. The van der Waals surface area contributed by atoms with E-state index in [0.717, 1.165) is 12.8 Å². The van der Waals surface area contributed by atoms with Gasteiger partial charge in [0.15, 0.2) is 0 Å². The highest BCUT2D eigenvalue weighted by Gasteiger charge is 2.02. The Labute approximate surface area is 100 Å². The lowest BCUT2D eigenvalue weighted by Crippen LogP contribution is -2.25. The summed E-state index contributed by atoms with van der Waals surface area (Å²) >= 11 is 0. The third-order valence-corrected chi connectivity index (χ3v) is 2.02. The summed E-state index contributed by atoms with van der Waals surface area (Å²) in [5.74, 6) is 1.19. The Balaban J connectivity index is 0. The van der Waals surface area contributed by atoms with Gasteiger partial charge < -0.3 is 21.7 Å². The molecule has 0 aliphatic heterocycles. The van der Waals surface area contributed by atoms with Gasteiger partial charge in [0.05, 0.1) is 13.2 Å². The molecule has 2 atom stereocenters. The summed E-state index contributed by atoms with van der Waals surface area (Å²) in [4.78, 5) is 0. The van der Waals surface area contributed by atoms with Crippen molar-refractivity contribution in [3.05, 3.63) is 0 Å². The Morgan fingerprint density at radius 3 is 1.06 bits per heavy atom. The van der Waals surface area contributed by atoms with Crippen LogP contribution >= 0.6 is 0 Å². The van der Waals surface area contributed by atoms with Gasteiger partial charge in [0.25, 0.3) is 0 Å². The van der Waals surface area contributed by atoms with Crippen LogP contribution in [0.4, 0.5) is 0 Å². The van der Waals surface area contributed by atoms with E-state index in [1.165, 1.54) is 0 Å². The largest absolute Gasteiger partial charge is 0.395 e. The molecule has 0 aliphatic rings. The van der Waals surface area contributed by atoms with E-state index in [-0.39, 0.29) is 25.3 Å². The van der Waals surface area contributed by atoms with Crippen LogP contribution in [-0.2, 0) is 0 Å². The topological polar surface area (TPSA) is 92.5 Å². The summed E-state index contributed by atoms with van der Waals surface area (Å²) in [6.45, 7) is 8.59. The molecule has 0 aromatic rings. The molecule has 0 aliphatic carbocycles. The van der Waals surface area contributed by atoms with Crippen molar-refractivity contribution in [2.45, 2.75) is 52.6 Å². The number of aliphatic hydroxyl groups excluding tert-OH is 2. The van der Waals surface area contributed by atoms with Crippen molar-refractivity contribution in [2.75, 3.05) is 13.2 Å². The van der Waals surface area contributed by atoms with Gasteiger partial charge in [-0.3, -0.25) is 0 Å². The van der Waals surface area contributed by atoms with Gasteiger partial charge in [0.2, 0.25) is 0 Å². The van der Waals surface area contributed by atoms with Crippen LogP contribution < -0.4 is 11.5 Å². The standard InChI is InChI=1S/2C6H15NO/c2*1-5(2)3-6(7)4-8/h2*5-6,8H,3-4,7H2,1-2H3/t6-;/m0./s1. The van der Waals surface area contributed by atoms with E-state index in [9.17, 15) is 0 Å². The highest BCUT2D eigenvalue weighted by atomic mass is 16.3. The van der Waals surface area contributed by atoms with Crippen molar-refractivity contribution in [1.29, 1.82) is 0 Å². The van der Waals surface area contributed by atoms with E-state index in [4.69, 9.17) is 21.7 Å². The Morgan fingerprint density at radius 2 is 1.00 bits per heavy atom. The van der Waals surface area contributed by atoms with Crippen LogP contribution in [0.25, 0.3) is 0 Å². The maximum atomic E-state index is 8.46. The van der Waals surface area contributed by atoms with Gasteiger partial charge in [0, 0.05) is 12.1 Å². The zero-order valence-electron chi connectivity index (χ0n) is 11.2. The summed E-state index contributed by atoms with van der Waals surface area (Å²) in [6, 6.07) is -0.0370. The predicted molar refractivity (Wildman–Crippen MR) is 69.0 cm³/mol. The molecule has 4 heteroatoms. The molecule has 0 saturated heterocycles. The first kappa shape index (κ1) is 18.2. The average Bonchev–Trinajstić information content (AvgIpc) is 2.16. The minimum absolute atomic E-state index is 0.0185. The Bertz CT molecular complexity index is 125. The zero-order chi connectivity index (χ0) is 13.1. The molecule has 100 valence electrons. The average molecular weight is 234 g/mol. The van der Waals surface area contributed by atoms with Gasteiger partial charge >= 0.3 is 0 Å². The molecule has 4 nitrogen and oxygen atoms in total. The fourth-order valence-electron chi connectivity index (χ4n) is 1.36. The number of nitrogens with two attached hydrogens (primary N) is 2.